The minimum absolute atomic E-state index is 1.14. The fraction of sp³-hybridized carbons (Fsp3) is 0.600. The first-order valence-corrected chi connectivity index (χ1v) is 3.81. The van der Waals surface area contributed by atoms with E-state index >= 15 is 0 Å². The topological polar surface area (TPSA) is 0 Å². The van der Waals surface area contributed by atoms with Gasteiger partial charge in [0, 0.05) is 0 Å². The zero-order valence-corrected chi connectivity index (χ0v) is 7.62. The zero-order chi connectivity index (χ0) is 8.15. The molecular formula is C10H18. The molecule has 0 N–H and O–H groups in total. The van der Waals surface area contributed by atoms with E-state index in [2.05, 4.69) is 34.3 Å². The third-order valence-electron chi connectivity index (χ3n) is 1.78. The molecule has 0 heteroatoms. The van der Waals surface area contributed by atoms with E-state index in [0.717, 1.165) is 6.42 Å². The molecule has 0 nitrogen and oxygen atoms in total. The Labute approximate surface area is 64.6 Å². The van der Waals surface area contributed by atoms with Crippen LogP contribution in [0.5, 0.6) is 0 Å². The zero-order valence-electron chi connectivity index (χ0n) is 7.62. The van der Waals surface area contributed by atoms with Crippen LogP contribution in [0.3, 0.4) is 0 Å². The molecular weight excluding hydrogens is 120 g/mol. The van der Waals surface area contributed by atoms with Crippen LogP contribution in [0.25, 0.3) is 0 Å². The van der Waals surface area contributed by atoms with Crippen molar-refractivity contribution in [2.45, 2.75) is 40.5 Å². The van der Waals surface area contributed by atoms with Gasteiger partial charge in [0.2, 0.25) is 0 Å². The van der Waals surface area contributed by atoms with E-state index in [-0.39, 0.29) is 0 Å². The highest BCUT2D eigenvalue weighted by Gasteiger charge is 1.92. The van der Waals surface area contributed by atoms with E-state index in [1.807, 2.05) is 0 Å². The highest BCUT2D eigenvalue weighted by Crippen LogP contribution is 2.12. The molecule has 0 aromatic carbocycles. The van der Waals surface area contributed by atoms with Crippen molar-refractivity contribution in [2.24, 2.45) is 0 Å². The molecule has 0 aromatic heterocycles. The SMILES string of the molecule is C=C(C)CCC(C)=C(C)C. The summed E-state index contributed by atoms with van der Waals surface area (Å²) in [5.74, 6) is 0. The summed E-state index contributed by atoms with van der Waals surface area (Å²) in [6.45, 7) is 12.5. The molecule has 0 rings (SSSR count). The maximum atomic E-state index is 3.86. The fourth-order valence-corrected chi connectivity index (χ4v) is 0.651. The summed E-state index contributed by atoms with van der Waals surface area (Å²) in [6.07, 6.45) is 2.31. The number of hydrogen-bond donors (Lipinski definition) is 0. The highest BCUT2D eigenvalue weighted by molar-refractivity contribution is 5.08. The van der Waals surface area contributed by atoms with Crippen LogP contribution >= 0.6 is 0 Å². The minimum atomic E-state index is 1.14. The summed E-state index contributed by atoms with van der Waals surface area (Å²) >= 11 is 0. The number of allylic oxidation sites excluding steroid dienone is 3. The second-order valence-corrected chi connectivity index (χ2v) is 3.24. The Morgan fingerprint density at radius 3 is 1.80 bits per heavy atom. The fourth-order valence-electron chi connectivity index (χ4n) is 0.651. The lowest BCUT2D eigenvalue weighted by atomic mass is 10.0. The Bertz CT molecular complexity index is 145. The second kappa shape index (κ2) is 4.32. The number of rotatable bonds is 3. The first kappa shape index (κ1) is 9.48. The molecule has 0 spiro atoms. The molecule has 0 aliphatic carbocycles. The predicted octanol–water partition coefficient (Wildman–Crippen LogP) is 3.70. The van der Waals surface area contributed by atoms with Gasteiger partial charge in [-0.05, 0) is 40.5 Å². The predicted molar refractivity (Wildman–Crippen MR) is 48.1 cm³/mol. The van der Waals surface area contributed by atoms with Crippen molar-refractivity contribution in [2.75, 3.05) is 0 Å². The molecule has 0 aliphatic heterocycles. The maximum Gasteiger partial charge on any atom is -0.0283 e. The van der Waals surface area contributed by atoms with E-state index in [1.165, 1.54) is 23.1 Å². The summed E-state index contributed by atoms with van der Waals surface area (Å²) in [6, 6.07) is 0. The molecule has 0 atom stereocenters. The average Bonchev–Trinajstić information content (AvgIpc) is 1.82. The molecule has 0 saturated carbocycles. The van der Waals surface area contributed by atoms with Crippen molar-refractivity contribution in [3.63, 3.8) is 0 Å². The van der Waals surface area contributed by atoms with Gasteiger partial charge in [-0.25, -0.2) is 0 Å². The van der Waals surface area contributed by atoms with Gasteiger partial charge < -0.3 is 0 Å². The molecule has 0 aliphatic rings. The smallest absolute Gasteiger partial charge is 0.0283 e. The van der Waals surface area contributed by atoms with E-state index < -0.39 is 0 Å². The Morgan fingerprint density at radius 2 is 1.50 bits per heavy atom. The molecule has 0 unspecified atom stereocenters. The Hall–Kier alpha value is -0.520. The largest absolute Gasteiger partial charge is 0.100 e. The van der Waals surface area contributed by atoms with Crippen molar-refractivity contribution < 1.29 is 0 Å². The summed E-state index contributed by atoms with van der Waals surface area (Å²) in [4.78, 5) is 0. The van der Waals surface area contributed by atoms with Crippen LogP contribution in [0.2, 0.25) is 0 Å². The van der Waals surface area contributed by atoms with Crippen molar-refractivity contribution in [3.05, 3.63) is 23.3 Å². The van der Waals surface area contributed by atoms with Gasteiger partial charge in [-0.3, -0.25) is 0 Å². The van der Waals surface area contributed by atoms with Crippen LogP contribution in [-0.2, 0) is 0 Å². The summed E-state index contributed by atoms with van der Waals surface area (Å²) < 4.78 is 0. The van der Waals surface area contributed by atoms with E-state index in [9.17, 15) is 0 Å². The minimum Gasteiger partial charge on any atom is -0.100 e. The van der Waals surface area contributed by atoms with Crippen LogP contribution in [-0.4, -0.2) is 0 Å². The molecule has 0 saturated heterocycles. The van der Waals surface area contributed by atoms with Gasteiger partial charge in [-0.15, -0.1) is 6.58 Å². The molecule has 0 bridgehead atoms. The van der Waals surface area contributed by atoms with Crippen molar-refractivity contribution in [1.82, 2.24) is 0 Å². The standard InChI is InChI=1S/C10H18/c1-8(2)6-7-10(5)9(3)4/h1,6-7H2,2-5H3. The van der Waals surface area contributed by atoms with E-state index in [0.29, 0.717) is 0 Å². The molecule has 58 valence electrons. The third-order valence-corrected chi connectivity index (χ3v) is 1.78. The first-order chi connectivity index (χ1) is 4.54. The molecule has 0 heterocycles. The van der Waals surface area contributed by atoms with Crippen molar-refractivity contribution >= 4 is 0 Å². The van der Waals surface area contributed by atoms with E-state index in [1.54, 1.807) is 0 Å². The summed E-state index contributed by atoms with van der Waals surface area (Å²) in [5, 5.41) is 0. The maximum absolute atomic E-state index is 3.86. The number of hydrogen-bond acceptors (Lipinski definition) is 0. The average molecular weight is 138 g/mol. The summed E-state index contributed by atoms with van der Waals surface area (Å²) in [5.41, 5.74) is 4.23. The molecule has 0 aromatic rings. The monoisotopic (exact) mass is 138 g/mol. The van der Waals surface area contributed by atoms with Crippen LogP contribution in [0.1, 0.15) is 40.5 Å². The Balaban J connectivity index is 3.71. The van der Waals surface area contributed by atoms with Crippen molar-refractivity contribution in [3.8, 4) is 0 Å². The second-order valence-electron chi connectivity index (χ2n) is 3.24. The molecule has 10 heavy (non-hydrogen) atoms. The van der Waals surface area contributed by atoms with Gasteiger partial charge in [0.1, 0.15) is 0 Å². The third kappa shape index (κ3) is 4.37. The normalized spacial score (nSPS) is 9.20. The van der Waals surface area contributed by atoms with Crippen LogP contribution in [0.4, 0.5) is 0 Å². The highest BCUT2D eigenvalue weighted by atomic mass is 14.0. The van der Waals surface area contributed by atoms with Gasteiger partial charge in [-0.1, -0.05) is 16.7 Å². The van der Waals surface area contributed by atoms with Gasteiger partial charge >= 0.3 is 0 Å². The molecule has 0 amide bonds. The molecule has 0 fully saturated rings. The van der Waals surface area contributed by atoms with Gasteiger partial charge in [0.15, 0.2) is 0 Å². The van der Waals surface area contributed by atoms with Gasteiger partial charge in [0.25, 0.3) is 0 Å². The Kier molecular flexibility index (Phi) is 4.10. The van der Waals surface area contributed by atoms with Crippen LogP contribution < -0.4 is 0 Å². The Morgan fingerprint density at radius 1 is 1.00 bits per heavy atom. The quantitative estimate of drug-likeness (QED) is 0.522. The van der Waals surface area contributed by atoms with Gasteiger partial charge in [0.05, 0.1) is 0 Å². The lowest BCUT2D eigenvalue weighted by Crippen LogP contribution is -1.81. The molecule has 0 radical (unpaired) electrons. The van der Waals surface area contributed by atoms with Crippen LogP contribution in [0, 0.1) is 0 Å². The lowest BCUT2D eigenvalue weighted by Gasteiger charge is -2.02. The lowest BCUT2D eigenvalue weighted by molar-refractivity contribution is 0.911. The van der Waals surface area contributed by atoms with Crippen molar-refractivity contribution in [1.29, 1.82) is 0 Å². The van der Waals surface area contributed by atoms with E-state index in [4.69, 9.17) is 0 Å². The van der Waals surface area contributed by atoms with Gasteiger partial charge in [-0.2, -0.15) is 0 Å². The first-order valence-electron chi connectivity index (χ1n) is 3.81. The van der Waals surface area contributed by atoms with Crippen LogP contribution in [0.15, 0.2) is 23.3 Å². The summed E-state index contributed by atoms with van der Waals surface area (Å²) in [7, 11) is 0.